The van der Waals surface area contributed by atoms with Crippen LogP contribution in [0.2, 0.25) is 0 Å². The molecule has 0 aromatic heterocycles. The van der Waals surface area contributed by atoms with Crippen molar-refractivity contribution in [3.63, 3.8) is 0 Å². The van der Waals surface area contributed by atoms with Crippen LogP contribution >= 0.6 is 0 Å². The van der Waals surface area contributed by atoms with Crippen molar-refractivity contribution >= 4 is 11.9 Å². The third kappa shape index (κ3) is 3.10. The number of benzene rings is 2. The molecule has 2 aromatic carbocycles. The van der Waals surface area contributed by atoms with Crippen molar-refractivity contribution < 1.29 is 9.48 Å². The second-order valence-electron chi connectivity index (χ2n) is 3.79. The van der Waals surface area contributed by atoms with Crippen LogP contribution in [0.15, 0.2) is 54.6 Å². The zero-order chi connectivity index (χ0) is 12.8. The van der Waals surface area contributed by atoms with Crippen molar-refractivity contribution in [3.8, 4) is 5.75 Å². The molecule has 0 aliphatic heterocycles. The molecule has 0 unspecified atom stereocenters. The molecular formula is C15H15NO2. The van der Waals surface area contributed by atoms with Gasteiger partial charge in [-0.1, -0.05) is 18.2 Å². The second kappa shape index (κ2) is 5.87. The van der Waals surface area contributed by atoms with E-state index in [0.29, 0.717) is 12.3 Å². The van der Waals surface area contributed by atoms with Gasteiger partial charge >= 0.3 is 0 Å². The number of para-hydroxylation sites is 1. The van der Waals surface area contributed by atoms with E-state index < -0.39 is 0 Å². The molecule has 0 aliphatic carbocycles. The lowest BCUT2D eigenvalue weighted by Gasteiger charge is -2.04. The largest absolute Gasteiger partial charge is 0.618 e. The Morgan fingerprint density at radius 2 is 1.72 bits per heavy atom. The van der Waals surface area contributed by atoms with Gasteiger partial charge in [-0.15, -0.1) is 0 Å². The Morgan fingerprint density at radius 3 is 2.33 bits per heavy atom. The highest BCUT2D eigenvalue weighted by Gasteiger charge is 2.00. The first-order valence-corrected chi connectivity index (χ1v) is 5.89. The Labute approximate surface area is 107 Å². The number of hydrogen-bond acceptors (Lipinski definition) is 2. The second-order valence-corrected chi connectivity index (χ2v) is 3.79. The van der Waals surface area contributed by atoms with Crippen molar-refractivity contribution in [2.24, 2.45) is 0 Å². The van der Waals surface area contributed by atoms with Gasteiger partial charge in [0.15, 0.2) is 6.21 Å². The maximum Gasteiger partial charge on any atom is 0.216 e. The van der Waals surface area contributed by atoms with E-state index in [0.717, 1.165) is 16.1 Å². The summed E-state index contributed by atoms with van der Waals surface area (Å²) in [5.74, 6) is 0.812. The van der Waals surface area contributed by atoms with Gasteiger partial charge in [-0.05, 0) is 31.2 Å². The molecule has 0 fully saturated rings. The average molecular weight is 241 g/mol. The summed E-state index contributed by atoms with van der Waals surface area (Å²) in [4.78, 5) is 0. The van der Waals surface area contributed by atoms with E-state index in [9.17, 15) is 5.21 Å². The fourth-order valence-electron chi connectivity index (χ4n) is 1.60. The van der Waals surface area contributed by atoms with Crippen LogP contribution in [-0.2, 0) is 0 Å². The summed E-state index contributed by atoms with van der Waals surface area (Å²) >= 11 is 0. The minimum Gasteiger partial charge on any atom is -0.618 e. The molecule has 0 saturated carbocycles. The lowest BCUT2D eigenvalue weighted by molar-refractivity contribution is -0.354. The van der Waals surface area contributed by atoms with Crippen LogP contribution in [0.4, 0.5) is 5.69 Å². The molecule has 2 aromatic rings. The summed E-state index contributed by atoms with van der Waals surface area (Å²) in [7, 11) is 0. The molecule has 0 spiro atoms. The topological polar surface area (TPSA) is 35.3 Å². The molecule has 3 heteroatoms. The molecule has 92 valence electrons. The van der Waals surface area contributed by atoms with Crippen molar-refractivity contribution in [2.75, 3.05) is 6.61 Å². The van der Waals surface area contributed by atoms with Gasteiger partial charge in [-0.2, -0.15) is 4.74 Å². The van der Waals surface area contributed by atoms with E-state index in [2.05, 4.69) is 0 Å². The number of nitrogens with zero attached hydrogens (tertiary/aromatic N) is 1. The Balaban J connectivity index is 2.17. The number of hydrogen-bond donors (Lipinski definition) is 0. The van der Waals surface area contributed by atoms with E-state index in [1.165, 1.54) is 0 Å². The predicted octanol–water partition coefficient (Wildman–Crippen LogP) is 3.35. The lowest BCUT2D eigenvalue weighted by Crippen LogP contribution is -1.98. The zero-order valence-electron chi connectivity index (χ0n) is 10.2. The van der Waals surface area contributed by atoms with Crippen molar-refractivity contribution in [2.45, 2.75) is 6.92 Å². The molecule has 0 atom stereocenters. The van der Waals surface area contributed by atoms with Crippen LogP contribution in [0, 0.1) is 5.21 Å². The first kappa shape index (κ1) is 12.2. The molecule has 0 aliphatic rings. The van der Waals surface area contributed by atoms with Crippen LogP contribution in [0.25, 0.3) is 0 Å². The third-order valence-corrected chi connectivity index (χ3v) is 2.47. The highest BCUT2D eigenvalue weighted by atomic mass is 16.5. The Bertz CT molecular complexity index is 518. The first-order valence-electron chi connectivity index (χ1n) is 5.89. The van der Waals surface area contributed by atoms with Crippen LogP contribution < -0.4 is 4.74 Å². The van der Waals surface area contributed by atoms with Gasteiger partial charge in [-0.25, -0.2) is 0 Å². The molecule has 18 heavy (non-hydrogen) atoms. The van der Waals surface area contributed by atoms with Gasteiger partial charge in [0.2, 0.25) is 5.69 Å². The minimum absolute atomic E-state index is 0.617. The summed E-state index contributed by atoms with van der Waals surface area (Å²) < 4.78 is 6.20. The lowest BCUT2D eigenvalue weighted by atomic mass is 10.2. The molecule has 0 saturated heterocycles. The monoisotopic (exact) mass is 241 g/mol. The average Bonchev–Trinajstić information content (AvgIpc) is 2.42. The van der Waals surface area contributed by atoms with E-state index >= 15 is 0 Å². The van der Waals surface area contributed by atoms with Gasteiger partial charge in [-0.3, -0.25) is 0 Å². The summed E-state index contributed by atoms with van der Waals surface area (Å²) in [6, 6.07) is 16.5. The maximum absolute atomic E-state index is 11.9. The van der Waals surface area contributed by atoms with Crippen molar-refractivity contribution in [1.82, 2.24) is 0 Å². The van der Waals surface area contributed by atoms with E-state index in [1.807, 2.05) is 49.4 Å². The minimum atomic E-state index is 0.617. The molecule has 0 heterocycles. The molecule has 0 bridgehead atoms. The van der Waals surface area contributed by atoms with Crippen LogP contribution in [0.1, 0.15) is 12.5 Å². The zero-order valence-corrected chi connectivity index (χ0v) is 10.2. The highest BCUT2D eigenvalue weighted by Crippen LogP contribution is 2.13. The van der Waals surface area contributed by atoms with Crippen LogP contribution in [-0.4, -0.2) is 17.6 Å². The summed E-state index contributed by atoms with van der Waals surface area (Å²) in [5.41, 5.74) is 1.46. The summed E-state index contributed by atoms with van der Waals surface area (Å²) in [5, 5.41) is 11.9. The van der Waals surface area contributed by atoms with Gasteiger partial charge in [0.1, 0.15) is 5.75 Å². The fourth-order valence-corrected chi connectivity index (χ4v) is 1.60. The van der Waals surface area contributed by atoms with Crippen molar-refractivity contribution in [1.29, 1.82) is 0 Å². The van der Waals surface area contributed by atoms with Crippen LogP contribution in [0.3, 0.4) is 0 Å². The van der Waals surface area contributed by atoms with Gasteiger partial charge in [0.05, 0.1) is 6.61 Å². The Hall–Kier alpha value is -2.29. The van der Waals surface area contributed by atoms with Crippen molar-refractivity contribution in [3.05, 3.63) is 65.4 Å². The van der Waals surface area contributed by atoms with E-state index in [4.69, 9.17) is 4.74 Å². The van der Waals surface area contributed by atoms with E-state index in [1.54, 1.807) is 18.3 Å². The van der Waals surface area contributed by atoms with Gasteiger partial charge in [0, 0.05) is 17.7 Å². The quantitative estimate of drug-likeness (QED) is 0.356. The fraction of sp³-hybridized carbons (Fsp3) is 0.133. The summed E-state index contributed by atoms with van der Waals surface area (Å²) in [6.07, 6.45) is 1.55. The Morgan fingerprint density at radius 1 is 1.06 bits per heavy atom. The first-order chi connectivity index (χ1) is 8.79. The summed E-state index contributed by atoms with van der Waals surface area (Å²) in [6.45, 7) is 2.58. The molecular weight excluding hydrogens is 226 g/mol. The highest BCUT2D eigenvalue weighted by molar-refractivity contribution is 5.76. The van der Waals surface area contributed by atoms with Gasteiger partial charge in [0.25, 0.3) is 0 Å². The standard InChI is InChI=1S/C15H15NO2/c1-2-18-15-10-8-13(9-11-15)12-16(17)14-6-4-3-5-7-14/h3-12H,2H2,1H3/b16-12+. The smallest absolute Gasteiger partial charge is 0.216 e. The van der Waals surface area contributed by atoms with Crippen LogP contribution in [0.5, 0.6) is 5.75 Å². The molecule has 0 amide bonds. The number of ether oxygens (including phenoxy) is 1. The third-order valence-electron chi connectivity index (χ3n) is 2.47. The molecule has 3 nitrogen and oxygen atoms in total. The number of rotatable bonds is 4. The Kier molecular flexibility index (Phi) is 3.97. The molecule has 0 N–H and O–H groups in total. The molecule has 0 radical (unpaired) electrons. The normalized spacial score (nSPS) is 11.3. The predicted molar refractivity (Wildman–Crippen MR) is 72.5 cm³/mol. The molecule has 2 rings (SSSR count). The SMILES string of the molecule is CCOc1ccc(/C=[N+](/[O-])c2ccccc2)cc1. The van der Waals surface area contributed by atoms with Gasteiger partial charge < -0.3 is 9.94 Å². The van der Waals surface area contributed by atoms with E-state index in [-0.39, 0.29) is 0 Å². The maximum atomic E-state index is 11.9.